The third-order valence-electron chi connectivity index (χ3n) is 5.05. The Kier molecular flexibility index (Phi) is 7.69. The lowest BCUT2D eigenvalue weighted by atomic mass is 10.0. The fourth-order valence-corrected chi connectivity index (χ4v) is 3.47. The fraction of sp³-hybridized carbons (Fsp3) is 0.455. The molecule has 3 N–H and O–H groups in total. The van der Waals surface area contributed by atoms with Crippen LogP contribution >= 0.6 is 0 Å². The summed E-state index contributed by atoms with van der Waals surface area (Å²) < 4.78 is 5.09. The minimum absolute atomic E-state index is 0.137. The topological polar surface area (TPSA) is 82.0 Å². The van der Waals surface area contributed by atoms with E-state index >= 15 is 0 Å². The van der Waals surface area contributed by atoms with Crippen molar-refractivity contribution in [1.82, 2.24) is 20.5 Å². The summed E-state index contributed by atoms with van der Waals surface area (Å²) in [6, 6.07) is 11.9. The van der Waals surface area contributed by atoms with Crippen LogP contribution in [0.5, 0.6) is 11.5 Å². The summed E-state index contributed by atoms with van der Waals surface area (Å²) in [4.78, 5) is 11.6. The SMILES string of the molecule is CCNC(=NCc1ccc(OC)c(O)c1)NC1CCN(Cc2ccccn2)CC1. The number of guanidine groups is 1. The first-order valence-electron chi connectivity index (χ1n) is 10.2. The summed E-state index contributed by atoms with van der Waals surface area (Å²) in [6.45, 7) is 6.35. The Bertz CT molecular complexity index is 789. The Morgan fingerprint density at radius 1 is 1.28 bits per heavy atom. The van der Waals surface area contributed by atoms with Crippen LogP contribution in [0, 0.1) is 0 Å². The van der Waals surface area contributed by atoms with Crippen molar-refractivity contribution in [3.63, 3.8) is 0 Å². The summed E-state index contributed by atoms with van der Waals surface area (Å²) in [5.41, 5.74) is 2.06. The number of rotatable bonds is 7. The lowest BCUT2D eigenvalue weighted by Crippen LogP contribution is -2.48. The summed E-state index contributed by atoms with van der Waals surface area (Å²) in [7, 11) is 1.54. The molecule has 1 saturated heterocycles. The average Bonchev–Trinajstić information content (AvgIpc) is 2.74. The van der Waals surface area contributed by atoms with Crippen LogP contribution in [0.15, 0.2) is 47.6 Å². The van der Waals surface area contributed by atoms with Crippen molar-refractivity contribution in [3.8, 4) is 11.5 Å². The molecule has 2 aromatic rings. The monoisotopic (exact) mass is 397 g/mol. The van der Waals surface area contributed by atoms with Crippen LogP contribution in [0.3, 0.4) is 0 Å². The van der Waals surface area contributed by atoms with E-state index in [1.165, 1.54) is 0 Å². The lowest BCUT2D eigenvalue weighted by Gasteiger charge is -2.32. The molecule has 0 atom stereocenters. The number of methoxy groups -OCH3 is 1. The maximum absolute atomic E-state index is 9.94. The molecule has 0 spiro atoms. The van der Waals surface area contributed by atoms with Gasteiger partial charge in [0.2, 0.25) is 0 Å². The quantitative estimate of drug-likeness (QED) is 0.492. The molecule has 0 aliphatic carbocycles. The van der Waals surface area contributed by atoms with Crippen LogP contribution in [-0.2, 0) is 13.1 Å². The number of aromatic hydroxyl groups is 1. The van der Waals surface area contributed by atoms with E-state index in [-0.39, 0.29) is 5.75 Å². The van der Waals surface area contributed by atoms with Gasteiger partial charge >= 0.3 is 0 Å². The van der Waals surface area contributed by atoms with Crippen molar-refractivity contribution in [1.29, 1.82) is 0 Å². The number of likely N-dealkylation sites (tertiary alicyclic amines) is 1. The smallest absolute Gasteiger partial charge is 0.191 e. The van der Waals surface area contributed by atoms with Gasteiger partial charge in [-0.1, -0.05) is 12.1 Å². The van der Waals surface area contributed by atoms with Crippen molar-refractivity contribution in [2.75, 3.05) is 26.7 Å². The van der Waals surface area contributed by atoms with E-state index in [1.807, 2.05) is 24.4 Å². The molecule has 1 fully saturated rings. The predicted octanol–water partition coefficient (Wildman–Crippen LogP) is 2.52. The van der Waals surface area contributed by atoms with E-state index in [2.05, 4.69) is 38.5 Å². The van der Waals surface area contributed by atoms with Gasteiger partial charge in [0.15, 0.2) is 17.5 Å². The zero-order valence-corrected chi connectivity index (χ0v) is 17.3. The molecule has 1 aromatic heterocycles. The molecule has 2 heterocycles. The molecule has 3 rings (SSSR count). The third kappa shape index (κ3) is 6.35. The molecule has 0 saturated carbocycles. The number of nitrogens with one attached hydrogen (secondary N) is 2. The molecule has 0 radical (unpaired) electrons. The average molecular weight is 398 g/mol. The Morgan fingerprint density at radius 3 is 2.76 bits per heavy atom. The number of nitrogens with zero attached hydrogens (tertiary/aromatic N) is 3. The van der Waals surface area contributed by atoms with E-state index < -0.39 is 0 Å². The van der Waals surface area contributed by atoms with Crippen LogP contribution in [0.4, 0.5) is 0 Å². The van der Waals surface area contributed by atoms with Gasteiger partial charge in [-0.05, 0) is 49.6 Å². The standard InChI is InChI=1S/C22H31N5O2/c1-3-23-22(25-15-17-7-8-21(29-2)20(28)14-17)26-18-9-12-27(13-10-18)16-19-6-4-5-11-24-19/h4-8,11,14,18,28H,3,9-10,12-13,15-16H2,1-2H3,(H2,23,25,26). The second kappa shape index (κ2) is 10.7. The summed E-state index contributed by atoms with van der Waals surface area (Å²) in [6.07, 6.45) is 3.99. The van der Waals surface area contributed by atoms with Crippen molar-refractivity contribution in [2.45, 2.75) is 38.9 Å². The van der Waals surface area contributed by atoms with Gasteiger partial charge in [-0.15, -0.1) is 0 Å². The van der Waals surface area contributed by atoms with Crippen LogP contribution < -0.4 is 15.4 Å². The number of benzene rings is 1. The van der Waals surface area contributed by atoms with Crippen LogP contribution in [0.25, 0.3) is 0 Å². The highest BCUT2D eigenvalue weighted by Crippen LogP contribution is 2.26. The minimum atomic E-state index is 0.137. The van der Waals surface area contributed by atoms with Gasteiger partial charge in [0.1, 0.15) is 0 Å². The van der Waals surface area contributed by atoms with Gasteiger partial charge in [0.25, 0.3) is 0 Å². The molecular formula is C22H31N5O2. The van der Waals surface area contributed by atoms with Crippen molar-refractivity contribution >= 4 is 5.96 Å². The van der Waals surface area contributed by atoms with Crippen molar-refractivity contribution < 1.29 is 9.84 Å². The van der Waals surface area contributed by atoms with Gasteiger partial charge in [-0.3, -0.25) is 9.88 Å². The molecule has 0 bridgehead atoms. The number of ether oxygens (including phenoxy) is 1. The molecule has 1 aromatic carbocycles. The van der Waals surface area contributed by atoms with Gasteiger partial charge in [-0.25, -0.2) is 4.99 Å². The second-order valence-electron chi connectivity index (χ2n) is 7.22. The first-order valence-corrected chi connectivity index (χ1v) is 10.2. The first kappa shape index (κ1) is 20.9. The molecule has 156 valence electrons. The summed E-state index contributed by atoms with van der Waals surface area (Å²) in [5.74, 6) is 1.42. The first-order chi connectivity index (χ1) is 14.2. The van der Waals surface area contributed by atoms with Crippen molar-refractivity contribution in [2.24, 2.45) is 4.99 Å². The molecule has 7 nitrogen and oxygen atoms in total. The maximum atomic E-state index is 9.94. The molecule has 7 heteroatoms. The highest BCUT2D eigenvalue weighted by molar-refractivity contribution is 5.80. The predicted molar refractivity (Wildman–Crippen MR) is 115 cm³/mol. The summed E-state index contributed by atoms with van der Waals surface area (Å²) in [5, 5.41) is 16.8. The van der Waals surface area contributed by atoms with E-state index in [1.54, 1.807) is 19.2 Å². The van der Waals surface area contributed by atoms with Crippen LogP contribution in [0.2, 0.25) is 0 Å². The zero-order valence-electron chi connectivity index (χ0n) is 17.3. The van der Waals surface area contributed by atoms with Gasteiger partial charge in [-0.2, -0.15) is 0 Å². The Hall–Kier alpha value is -2.80. The number of aromatic nitrogens is 1. The molecular weight excluding hydrogens is 366 g/mol. The van der Waals surface area contributed by atoms with E-state index in [0.717, 1.165) is 56.2 Å². The molecule has 1 aliphatic rings. The van der Waals surface area contributed by atoms with Gasteiger partial charge in [0.05, 0.1) is 19.3 Å². The Balaban J connectivity index is 1.51. The number of aliphatic imine (C=N–C) groups is 1. The van der Waals surface area contributed by atoms with Gasteiger partial charge in [0, 0.05) is 38.4 Å². The number of piperidine rings is 1. The number of hydrogen-bond donors (Lipinski definition) is 3. The normalized spacial score (nSPS) is 15.9. The van der Waals surface area contributed by atoms with E-state index in [0.29, 0.717) is 18.3 Å². The maximum Gasteiger partial charge on any atom is 0.191 e. The zero-order chi connectivity index (χ0) is 20.5. The van der Waals surface area contributed by atoms with Crippen LogP contribution in [-0.4, -0.2) is 53.7 Å². The highest BCUT2D eigenvalue weighted by atomic mass is 16.5. The summed E-state index contributed by atoms with van der Waals surface area (Å²) >= 11 is 0. The fourth-order valence-electron chi connectivity index (χ4n) is 3.47. The molecule has 29 heavy (non-hydrogen) atoms. The molecule has 0 unspecified atom stereocenters. The van der Waals surface area contributed by atoms with E-state index in [4.69, 9.17) is 4.74 Å². The number of phenolic OH excluding ortho intramolecular Hbond substituents is 1. The third-order valence-corrected chi connectivity index (χ3v) is 5.05. The Morgan fingerprint density at radius 2 is 2.10 bits per heavy atom. The second-order valence-corrected chi connectivity index (χ2v) is 7.22. The van der Waals surface area contributed by atoms with Crippen LogP contribution in [0.1, 0.15) is 31.0 Å². The van der Waals surface area contributed by atoms with Crippen molar-refractivity contribution in [3.05, 3.63) is 53.9 Å². The van der Waals surface area contributed by atoms with Gasteiger partial charge < -0.3 is 20.5 Å². The van der Waals surface area contributed by atoms with E-state index in [9.17, 15) is 5.11 Å². The molecule has 0 amide bonds. The number of phenols is 1. The largest absolute Gasteiger partial charge is 0.504 e. The number of hydrogen-bond acceptors (Lipinski definition) is 5. The Labute approximate surface area is 172 Å². The lowest BCUT2D eigenvalue weighted by molar-refractivity contribution is 0.196. The minimum Gasteiger partial charge on any atom is -0.504 e. The highest BCUT2D eigenvalue weighted by Gasteiger charge is 2.20. The molecule has 1 aliphatic heterocycles. The number of pyridine rings is 1.